The quantitative estimate of drug-likeness (QED) is 0.0948. The van der Waals surface area contributed by atoms with Gasteiger partial charge in [-0.25, -0.2) is 0 Å². The van der Waals surface area contributed by atoms with Gasteiger partial charge >= 0.3 is 17.9 Å². The molecule has 9 atom stereocenters. The van der Waals surface area contributed by atoms with Crippen LogP contribution >= 0.6 is 0 Å². The smallest absolute Gasteiger partial charge is 0.311 e. The Morgan fingerprint density at radius 1 is 0.481 bits per heavy atom. The molecule has 52 heavy (non-hydrogen) atoms. The molecule has 0 aromatic rings. The van der Waals surface area contributed by atoms with Gasteiger partial charge in [0.05, 0.1) is 36.1 Å². The van der Waals surface area contributed by atoms with Crippen molar-refractivity contribution in [2.45, 2.75) is 185 Å². The predicted octanol–water partition coefficient (Wildman–Crippen LogP) is 12.0. The summed E-state index contributed by atoms with van der Waals surface area (Å²) in [5.74, 6) is 8.11. The average Bonchev–Trinajstić information content (AvgIpc) is 3.99. The zero-order valence-corrected chi connectivity index (χ0v) is 34.5. The molecule has 6 nitrogen and oxygen atoms in total. The Hall–Kier alpha value is -1.59. The van der Waals surface area contributed by atoms with E-state index in [1.165, 1.54) is 83.5 Å². The standard InChI is InChI=1S/C16H28O2.C15H26O2.C14H24O2.CH4/c1-4-16(2,3)15(17)18-9-5-6-13-10-12-7-8-14(13)11-12;1-4-15(2,3)14(16)17-8-7-13-10-11-5-6-12(13)9-11;1-4-14(2,3)13(15)16-9-12-8-10-5-6-11(12)7-10;/h12-14H,4-11H2,1-3H3;11-13H,4-10H2,1-3H3;10-12H,4-9H2,1-3H3;1H4. The van der Waals surface area contributed by atoms with Crippen LogP contribution in [-0.4, -0.2) is 37.7 Å². The summed E-state index contributed by atoms with van der Waals surface area (Å²) in [4.78, 5) is 35.4. The first-order valence-electron chi connectivity index (χ1n) is 21.6. The summed E-state index contributed by atoms with van der Waals surface area (Å²) in [6, 6.07) is 0. The van der Waals surface area contributed by atoms with Crippen molar-refractivity contribution in [1.29, 1.82) is 0 Å². The maximum atomic E-state index is 11.8. The molecule has 6 rings (SSSR count). The molecule has 0 saturated heterocycles. The zero-order chi connectivity index (χ0) is 37.4. The SMILES string of the molecule is C.CCC(C)(C)C(=O)OCC1CC2CCC1C2.CCC(C)(C)C(=O)OCCC1CC2CCC1C2.CCC(C)(C)C(=O)OCCCC1CC2CCC1C2. The van der Waals surface area contributed by atoms with E-state index in [1.54, 1.807) is 0 Å². The summed E-state index contributed by atoms with van der Waals surface area (Å²) in [5, 5.41) is 0. The van der Waals surface area contributed by atoms with E-state index in [0.29, 0.717) is 25.7 Å². The second-order valence-electron chi connectivity index (χ2n) is 19.8. The van der Waals surface area contributed by atoms with E-state index in [9.17, 15) is 14.4 Å². The monoisotopic (exact) mass is 731 g/mol. The van der Waals surface area contributed by atoms with Crippen LogP contribution in [0.25, 0.3) is 0 Å². The van der Waals surface area contributed by atoms with Gasteiger partial charge in [-0.05, 0) is 191 Å². The molecular weight excluding hydrogens is 649 g/mol. The van der Waals surface area contributed by atoms with Gasteiger partial charge < -0.3 is 14.2 Å². The molecule has 9 unspecified atom stereocenters. The normalized spacial score (nSPS) is 31.2. The highest BCUT2D eigenvalue weighted by Gasteiger charge is 2.42. The van der Waals surface area contributed by atoms with E-state index in [0.717, 1.165) is 79.4 Å². The third-order valence-electron chi connectivity index (χ3n) is 15.1. The summed E-state index contributed by atoms with van der Waals surface area (Å²) < 4.78 is 16.3. The van der Waals surface area contributed by atoms with Crippen LogP contribution in [0.15, 0.2) is 0 Å². The molecule has 6 heteroatoms. The molecule has 6 saturated carbocycles. The zero-order valence-electron chi connectivity index (χ0n) is 34.5. The molecule has 0 radical (unpaired) electrons. The minimum atomic E-state index is -0.313. The van der Waals surface area contributed by atoms with Gasteiger partial charge in [0.15, 0.2) is 0 Å². The first-order valence-corrected chi connectivity index (χ1v) is 21.6. The van der Waals surface area contributed by atoms with Crippen LogP contribution in [0, 0.1) is 69.5 Å². The van der Waals surface area contributed by atoms with Gasteiger partial charge in [-0.3, -0.25) is 14.4 Å². The topological polar surface area (TPSA) is 78.9 Å². The fraction of sp³-hybridized carbons (Fsp3) is 0.935. The molecule has 302 valence electrons. The van der Waals surface area contributed by atoms with Gasteiger partial charge in [-0.1, -0.05) is 47.5 Å². The Bertz CT molecular complexity index is 1120. The average molecular weight is 731 g/mol. The molecule has 0 spiro atoms. The minimum absolute atomic E-state index is 0. The van der Waals surface area contributed by atoms with Crippen LogP contribution in [-0.2, 0) is 28.6 Å². The molecule has 0 aromatic heterocycles. The van der Waals surface area contributed by atoms with Crippen LogP contribution in [0.4, 0.5) is 0 Å². The molecule has 6 bridgehead atoms. The summed E-state index contributed by atoms with van der Waals surface area (Å²) in [7, 11) is 0. The number of hydrogen-bond acceptors (Lipinski definition) is 6. The van der Waals surface area contributed by atoms with E-state index in [-0.39, 0.29) is 41.6 Å². The summed E-state index contributed by atoms with van der Waals surface area (Å²) >= 11 is 0. The van der Waals surface area contributed by atoms with Gasteiger partial charge in [-0.2, -0.15) is 0 Å². The number of rotatable bonds is 15. The lowest BCUT2D eigenvalue weighted by Crippen LogP contribution is -2.28. The van der Waals surface area contributed by atoms with E-state index >= 15 is 0 Å². The fourth-order valence-electron chi connectivity index (χ4n) is 10.1. The molecular formula is C46H82O6. The number of carbonyl (C=O) groups excluding carboxylic acids is 3. The van der Waals surface area contributed by atoms with Crippen LogP contribution in [0.1, 0.15) is 185 Å². The summed E-state index contributed by atoms with van der Waals surface area (Å²) in [6.07, 6.45) is 23.0. The predicted molar refractivity (Wildman–Crippen MR) is 212 cm³/mol. The highest BCUT2D eigenvalue weighted by Crippen LogP contribution is 2.51. The highest BCUT2D eigenvalue weighted by atomic mass is 16.5. The van der Waals surface area contributed by atoms with Gasteiger partial charge in [0, 0.05) is 0 Å². The van der Waals surface area contributed by atoms with Gasteiger partial charge in [-0.15, -0.1) is 0 Å². The van der Waals surface area contributed by atoms with Crippen molar-refractivity contribution in [2.75, 3.05) is 19.8 Å². The number of ether oxygens (including phenoxy) is 3. The molecule has 0 heterocycles. The van der Waals surface area contributed by atoms with Crippen LogP contribution in [0.5, 0.6) is 0 Å². The first-order chi connectivity index (χ1) is 24.1. The van der Waals surface area contributed by atoms with Crippen molar-refractivity contribution in [3.05, 3.63) is 0 Å². The minimum Gasteiger partial charge on any atom is -0.465 e. The number of fused-ring (bicyclic) bond motifs is 6. The van der Waals surface area contributed by atoms with E-state index in [1.807, 2.05) is 62.3 Å². The van der Waals surface area contributed by atoms with Crippen LogP contribution in [0.2, 0.25) is 0 Å². The molecule has 0 N–H and O–H groups in total. The second-order valence-corrected chi connectivity index (χ2v) is 19.8. The lowest BCUT2D eigenvalue weighted by Gasteiger charge is -2.25. The van der Waals surface area contributed by atoms with Crippen molar-refractivity contribution < 1.29 is 28.6 Å². The Balaban J connectivity index is 0.000000209. The fourth-order valence-corrected chi connectivity index (χ4v) is 10.1. The lowest BCUT2D eigenvalue weighted by atomic mass is 9.86. The molecule has 0 aromatic carbocycles. The Morgan fingerprint density at radius 2 is 0.846 bits per heavy atom. The first kappa shape index (κ1) is 44.8. The van der Waals surface area contributed by atoms with Crippen molar-refractivity contribution in [1.82, 2.24) is 0 Å². The van der Waals surface area contributed by atoms with Gasteiger partial charge in [0.25, 0.3) is 0 Å². The maximum Gasteiger partial charge on any atom is 0.311 e. The van der Waals surface area contributed by atoms with E-state index < -0.39 is 0 Å². The second kappa shape index (κ2) is 19.8. The number of carbonyl (C=O) groups is 3. The largest absolute Gasteiger partial charge is 0.465 e. The molecule has 6 fully saturated rings. The van der Waals surface area contributed by atoms with Crippen molar-refractivity contribution >= 4 is 17.9 Å². The van der Waals surface area contributed by atoms with Gasteiger partial charge in [0.2, 0.25) is 0 Å². The van der Waals surface area contributed by atoms with Crippen molar-refractivity contribution in [3.63, 3.8) is 0 Å². The summed E-state index contributed by atoms with van der Waals surface area (Å²) in [5.41, 5.74) is -0.932. The summed E-state index contributed by atoms with van der Waals surface area (Å²) in [6.45, 7) is 19.8. The third-order valence-corrected chi connectivity index (χ3v) is 15.1. The molecule has 0 aliphatic heterocycles. The van der Waals surface area contributed by atoms with E-state index in [2.05, 4.69) is 0 Å². The number of esters is 3. The Morgan fingerprint density at radius 3 is 1.21 bits per heavy atom. The Kier molecular flexibility index (Phi) is 17.1. The maximum absolute atomic E-state index is 11.8. The van der Waals surface area contributed by atoms with Crippen molar-refractivity contribution in [2.24, 2.45) is 69.5 Å². The third kappa shape index (κ3) is 12.2. The Labute approximate surface area is 320 Å². The lowest BCUT2D eigenvalue weighted by molar-refractivity contribution is -0.156. The van der Waals surface area contributed by atoms with Gasteiger partial charge in [0.1, 0.15) is 0 Å². The molecule has 6 aliphatic carbocycles. The van der Waals surface area contributed by atoms with Crippen LogP contribution < -0.4 is 0 Å². The number of hydrogen-bond donors (Lipinski definition) is 0. The van der Waals surface area contributed by atoms with Crippen molar-refractivity contribution in [3.8, 4) is 0 Å². The highest BCUT2D eigenvalue weighted by molar-refractivity contribution is 5.76. The molecule has 6 aliphatic rings. The van der Waals surface area contributed by atoms with E-state index in [4.69, 9.17) is 14.2 Å². The molecule has 0 amide bonds. The van der Waals surface area contributed by atoms with Crippen LogP contribution in [0.3, 0.4) is 0 Å².